The number of carbonyl (C=O) groups excluding carboxylic acids is 1. The second-order valence-corrected chi connectivity index (χ2v) is 7.32. The highest BCUT2D eigenvalue weighted by Crippen LogP contribution is 2.19. The molecule has 0 fully saturated rings. The first-order valence-corrected chi connectivity index (χ1v) is 9.10. The Kier molecular flexibility index (Phi) is 4.91. The molecule has 0 aromatic carbocycles. The highest BCUT2D eigenvalue weighted by atomic mass is 32.1. The molecule has 0 aliphatic carbocycles. The van der Waals surface area contributed by atoms with Gasteiger partial charge in [0.2, 0.25) is 16.0 Å². The molecule has 0 saturated carbocycles. The molecule has 126 valence electrons. The summed E-state index contributed by atoms with van der Waals surface area (Å²) in [5.41, 5.74) is 0.443. The van der Waals surface area contributed by atoms with Gasteiger partial charge < -0.3 is 10.2 Å². The van der Waals surface area contributed by atoms with Crippen LogP contribution in [0.1, 0.15) is 10.6 Å². The standard InChI is InChI=1S/C15H17N5O2S2/c1-10-8-13(22)20-14(17-10)24-15(18-20)19(2)9-12(21)16-6-5-11-4-3-7-23-11/h3-4,7-8H,5-6,9H2,1-2H3,(H,16,21). The average Bonchev–Trinajstić information content (AvgIpc) is 3.16. The number of thiophene rings is 1. The number of carbonyl (C=O) groups is 1. The van der Waals surface area contributed by atoms with Crippen molar-refractivity contribution < 1.29 is 4.79 Å². The van der Waals surface area contributed by atoms with E-state index < -0.39 is 0 Å². The minimum Gasteiger partial charge on any atom is -0.354 e. The Morgan fingerprint density at radius 2 is 2.29 bits per heavy atom. The first-order chi connectivity index (χ1) is 11.5. The molecule has 1 N–H and O–H groups in total. The van der Waals surface area contributed by atoms with Gasteiger partial charge in [-0.2, -0.15) is 4.52 Å². The van der Waals surface area contributed by atoms with Crippen LogP contribution in [0.2, 0.25) is 0 Å². The Labute approximate surface area is 146 Å². The fourth-order valence-electron chi connectivity index (χ4n) is 2.18. The molecule has 1 amide bonds. The zero-order valence-corrected chi connectivity index (χ0v) is 15.0. The summed E-state index contributed by atoms with van der Waals surface area (Å²) in [7, 11) is 1.77. The van der Waals surface area contributed by atoms with Gasteiger partial charge in [0.1, 0.15) is 0 Å². The molecule has 7 nitrogen and oxygen atoms in total. The highest BCUT2D eigenvalue weighted by molar-refractivity contribution is 7.20. The molecule has 3 aromatic heterocycles. The van der Waals surface area contributed by atoms with Crippen molar-refractivity contribution in [2.24, 2.45) is 0 Å². The maximum atomic E-state index is 12.0. The SMILES string of the molecule is Cc1cc(=O)n2nc(N(C)CC(=O)NCCc3cccs3)sc2n1. The third kappa shape index (κ3) is 3.80. The molecular weight excluding hydrogens is 346 g/mol. The summed E-state index contributed by atoms with van der Waals surface area (Å²) in [5, 5.41) is 9.74. The van der Waals surface area contributed by atoms with E-state index in [1.807, 2.05) is 11.4 Å². The van der Waals surface area contributed by atoms with Crippen LogP contribution in [0.25, 0.3) is 4.96 Å². The van der Waals surface area contributed by atoms with Gasteiger partial charge in [0.15, 0.2) is 0 Å². The van der Waals surface area contributed by atoms with E-state index in [4.69, 9.17) is 0 Å². The van der Waals surface area contributed by atoms with Gasteiger partial charge in [-0.15, -0.1) is 16.4 Å². The van der Waals surface area contributed by atoms with Gasteiger partial charge in [-0.25, -0.2) is 4.98 Å². The summed E-state index contributed by atoms with van der Waals surface area (Å²) in [6.07, 6.45) is 0.826. The molecule has 0 atom stereocenters. The normalized spacial score (nSPS) is 10.9. The number of anilines is 1. The van der Waals surface area contributed by atoms with Gasteiger partial charge in [0.25, 0.3) is 5.56 Å². The fourth-order valence-corrected chi connectivity index (χ4v) is 3.81. The lowest BCUT2D eigenvalue weighted by Gasteiger charge is -2.14. The van der Waals surface area contributed by atoms with Gasteiger partial charge in [-0.1, -0.05) is 17.4 Å². The van der Waals surface area contributed by atoms with Crippen molar-refractivity contribution in [3.05, 3.63) is 44.5 Å². The first kappa shape index (κ1) is 16.6. The van der Waals surface area contributed by atoms with Crippen molar-refractivity contribution in [1.29, 1.82) is 0 Å². The molecule has 0 radical (unpaired) electrons. The van der Waals surface area contributed by atoms with E-state index in [1.165, 1.54) is 26.8 Å². The van der Waals surface area contributed by atoms with Gasteiger partial charge in [0.05, 0.1) is 6.54 Å². The summed E-state index contributed by atoms with van der Waals surface area (Å²) in [5.74, 6) is -0.0789. The van der Waals surface area contributed by atoms with Gasteiger partial charge in [0, 0.05) is 30.2 Å². The molecule has 0 bridgehead atoms. The topological polar surface area (TPSA) is 79.6 Å². The predicted octanol–water partition coefficient (Wildman–Crippen LogP) is 1.32. The number of hydrogen-bond donors (Lipinski definition) is 1. The Balaban J connectivity index is 1.60. The lowest BCUT2D eigenvalue weighted by molar-refractivity contribution is -0.119. The van der Waals surface area contributed by atoms with Crippen LogP contribution < -0.4 is 15.8 Å². The number of likely N-dealkylation sites (N-methyl/N-ethyl adjacent to an activating group) is 1. The number of fused-ring (bicyclic) bond motifs is 1. The van der Waals surface area contributed by atoms with E-state index in [0.717, 1.165) is 6.42 Å². The largest absolute Gasteiger partial charge is 0.354 e. The lowest BCUT2D eigenvalue weighted by Crippen LogP contribution is -2.36. The molecule has 0 spiro atoms. The smallest absolute Gasteiger partial charge is 0.275 e. The van der Waals surface area contributed by atoms with Gasteiger partial charge in [-0.3, -0.25) is 9.59 Å². The Bertz CT molecular complexity index is 900. The quantitative estimate of drug-likeness (QED) is 0.714. The van der Waals surface area contributed by atoms with Crippen LogP contribution in [0.15, 0.2) is 28.4 Å². The number of aromatic nitrogens is 3. The van der Waals surface area contributed by atoms with Crippen LogP contribution in [0.5, 0.6) is 0 Å². The number of amides is 1. The van der Waals surface area contributed by atoms with Crippen molar-refractivity contribution in [3.8, 4) is 0 Å². The van der Waals surface area contributed by atoms with Crippen LogP contribution in [-0.2, 0) is 11.2 Å². The first-order valence-electron chi connectivity index (χ1n) is 7.40. The van der Waals surface area contributed by atoms with Crippen molar-refractivity contribution in [2.75, 3.05) is 25.0 Å². The maximum Gasteiger partial charge on any atom is 0.275 e. The van der Waals surface area contributed by atoms with Crippen LogP contribution in [0.3, 0.4) is 0 Å². The van der Waals surface area contributed by atoms with E-state index in [-0.39, 0.29) is 18.0 Å². The zero-order valence-electron chi connectivity index (χ0n) is 13.4. The molecular formula is C15H17N5O2S2. The predicted molar refractivity (Wildman–Crippen MR) is 96.2 cm³/mol. The van der Waals surface area contributed by atoms with Crippen LogP contribution in [0.4, 0.5) is 5.13 Å². The minimum atomic E-state index is -0.214. The molecule has 9 heteroatoms. The van der Waals surface area contributed by atoms with Gasteiger partial charge in [-0.05, 0) is 24.8 Å². The number of nitrogens with one attached hydrogen (secondary N) is 1. The van der Waals surface area contributed by atoms with Crippen molar-refractivity contribution in [1.82, 2.24) is 19.9 Å². The summed E-state index contributed by atoms with van der Waals surface area (Å²) < 4.78 is 1.26. The van der Waals surface area contributed by atoms with E-state index in [1.54, 1.807) is 30.2 Å². The molecule has 0 saturated heterocycles. The third-order valence-corrected chi connectivity index (χ3v) is 5.30. The molecule has 0 aliphatic rings. The Morgan fingerprint density at radius 3 is 3.04 bits per heavy atom. The molecule has 3 aromatic rings. The summed E-state index contributed by atoms with van der Waals surface area (Å²) in [4.78, 5) is 31.7. The summed E-state index contributed by atoms with van der Waals surface area (Å²) in [6.45, 7) is 2.55. The second kappa shape index (κ2) is 7.10. The number of rotatable bonds is 6. The number of aryl methyl sites for hydroxylation is 1. The highest BCUT2D eigenvalue weighted by Gasteiger charge is 2.14. The van der Waals surface area contributed by atoms with Crippen LogP contribution in [0, 0.1) is 6.92 Å². The second-order valence-electron chi connectivity index (χ2n) is 5.35. The Hall–Kier alpha value is -2.26. The molecule has 0 aliphatic heterocycles. The fraction of sp³-hybridized carbons (Fsp3) is 0.333. The van der Waals surface area contributed by atoms with Crippen LogP contribution in [-0.4, -0.2) is 40.6 Å². The monoisotopic (exact) mass is 363 g/mol. The van der Waals surface area contributed by atoms with Gasteiger partial charge >= 0.3 is 0 Å². The molecule has 3 rings (SSSR count). The van der Waals surface area contributed by atoms with E-state index in [2.05, 4.69) is 21.5 Å². The summed E-state index contributed by atoms with van der Waals surface area (Å²) >= 11 is 2.97. The molecule has 0 unspecified atom stereocenters. The Morgan fingerprint density at radius 1 is 1.46 bits per heavy atom. The zero-order chi connectivity index (χ0) is 17.1. The molecule has 24 heavy (non-hydrogen) atoms. The van der Waals surface area contributed by atoms with Crippen LogP contribution >= 0.6 is 22.7 Å². The molecule has 3 heterocycles. The van der Waals surface area contributed by atoms with E-state index in [0.29, 0.717) is 22.3 Å². The third-order valence-electron chi connectivity index (χ3n) is 3.34. The van der Waals surface area contributed by atoms with Crippen molar-refractivity contribution >= 4 is 38.7 Å². The minimum absolute atomic E-state index is 0.0789. The number of hydrogen-bond acceptors (Lipinski definition) is 7. The van der Waals surface area contributed by atoms with Crippen molar-refractivity contribution in [2.45, 2.75) is 13.3 Å². The average molecular weight is 363 g/mol. The van der Waals surface area contributed by atoms with E-state index in [9.17, 15) is 9.59 Å². The number of nitrogens with zero attached hydrogens (tertiary/aromatic N) is 4. The summed E-state index contributed by atoms with van der Waals surface area (Å²) in [6, 6.07) is 5.49. The maximum absolute atomic E-state index is 12.0. The lowest BCUT2D eigenvalue weighted by atomic mass is 10.3. The van der Waals surface area contributed by atoms with Crippen molar-refractivity contribution in [3.63, 3.8) is 0 Å². The van der Waals surface area contributed by atoms with E-state index >= 15 is 0 Å².